The summed E-state index contributed by atoms with van der Waals surface area (Å²) < 4.78 is 11.3. The minimum Gasteiger partial charge on any atom is -0.479 e. The van der Waals surface area contributed by atoms with Crippen molar-refractivity contribution in [1.29, 1.82) is 0 Å². The molecule has 0 radical (unpaired) electrons. The summed E-state index contributed by atoms with van der Waals surface area (Å²) in [5.41, 5.74) is 0. The number of hydrogen-bond donors (Lipinski definition) is 1. The van der Waals surface area contributed by atoms with Crippen LogP contribution < -0.4 is 5.32 Å². The first-order valence-electron chi connectivity index (χ1n) is 1.96. The van der Waals surface area contributed by atoms with E-state index in [4.69, 9.17) is 1.37 Å². The molecule has 1 atom stereocenters. The van der Waals surface area contributed by atoms with E-state index in [9.17, 15) is 0 Å². The van der Waals surface area contributed by atoms with Crippen molar-refractivity contribution in [2.45, 2.75) is 0 Å². The Bertz CT molecular complexity index is 65.2. The minimum absolute atomic E-state index is 0.565. The van der Waals surface area contributed by atoms with Crippen molar-refractivity contribution in [2.75, 3.05) is 6.71 Å². The molecule has 0 aromatic rings. The van der Waals surface area contributed by atoms with Gasteiger partial charge in [0.15, 0.2) is 6.71 Å². The van der Waals surface area contributed by atoms with Crippen LogP contribution in [0.5, 0.6) is 0 Å². The van der Waals surface area contributed by atoms with Gasteiger partial charge < -0.3 is 10.1 Å². The molecule has 0 spiro atoms. The third-order valence-electron chi connectivity index (χ3n) is 0.379. The molecule has 1 rings (SSSR count). The van der Waals surface area contributed by atoms with E-state index >= 15 is 0 Å². The molecule has 1 heterocycles. The SMILES string of the molecule is [2H]C1NC=CO1. The molecule has 1 aliphatic rings. The second-order valence-corrected chi connectivity index (χ2v) is 0.723. The molecule has 28 valence electrons. The van der Waals surface area contributed by atoms with Crippen LogP contribution >= 0.6 is 0 Å². The molecule has 0 aromatic heterocycles. The summed E-state index contributed by atoms with van der Waals surface area (Å²) in [4.78, 5) is 0. The Labute approximate surface area is 31.8 Å². The zero-order valence-electron chi connectivity index (χ0n) is 3.64. The fourth-order valence-electron chi connectivity index (χ4n) is 0.196. The van der Waals surface area contributed by atoms with Crippen LogP contribution in [0.2, 0.25) is 0 Å². The Kier molecular flexibility index (Phi) is 0.330. The maximum absolute atomic E-state index is 6.74. The molecule has 1 unspecified atom stereocenters. The summed E-state index contributed by atoms with van der Waals surface area (Å²) in [6.45, 7) is -0.565. The van der Waals surface area contributed by atoms with Crippen molar-refractivity contribution in [3.05, 3.63) is 12.5 Å². The summed E-state index contributed by atoms with van der Waals surface area (Å²) >= 11 is 0. The topological polar surface area (TPSA) is 21.3 Å². The monoisotopic (exact) mass is 72.0 g/mol. The van der Waals surface area contributed by atoms with Gasteiger partial charge in [0, 0.05) is 6.20 Å². The average Bonchev–Trinajstić information content (AvgIpc) is 1.86. The molecule has 0 saturated carbocycles. The molecule has 0 aliphatic carbocycles. The highest BCUT2D eigenvalue weighted by Crippen LogP contribution is 1.78. The van der Waals surface area contributed by atoms with E-state index in [1.165, 1.54) is 6.26 Å². The lowest BCUT2D eigenvalue weighted by atomic mass is 11.0. The summed E-state index contributed by atoms with van der Waals surface area (Å²) in [5.74, 6) is 0. The highest BCUT2D eigenvalue weighted by molar-refractivity contribution is 4.73. The van der Waals surface area contributed by atoms with Crippen LogP contribution in [-0.4, -0.2) is 6.71 Å². The molecule has 0 aromatic carbocycles. The maximum Gasteiger partial charge on any atom is 0.157 e. The number of nitrogens with one attached hydrogen (secondary N) is 1. The smallest absolute Gasteiger partial charge is 0.157 e. The van der Waals surface area contributed by atoms with Crippen molar-refractivity contribution >= 4 is 0 Å². The fraction of sp³-hybridized carbons (Fsp3) is 0.333. The number of hydrogen-bond acceptors (Lipinski definition) is 2. The van der Waals surface area contributed by atoms with Crippen molar-refractivity contribution in [3.63, 3.8) is 0 Å². The van der Waals surface area contributed by atoms with Gasteiger partial charge >= 0.3 is 0 Å². The third-order valence-corrected chi connectivity index (χ3v) is 0.379. The van der Waals surface area contributed by atoms with Crippen molar-refractivity contribution in [3.8, 4) is 0 Å². The van der Waals surface area contributed by atoms with Gasteiger partial charge in [0.2, 0.25) is 0 Å². The zero-order valence-corrected chi connectivity index (χ0v) is 2.64. The van der Waals surface area contributed by atoms with Gasteiger partial charge in [-0.05, 0) is 0 Å². The van der Waals surface area contributed by atoms with Crippen LogP contribution in [0.25, 0.3) is 0 Å². The molecule has 0 amide bonds. The summed E-state index contributed by atoms with van der Waals surface area (Å²) in [5, 5.41) is 2.58. The lowest BCUT2D eigenvalue weighted by Crippen LogP contribution is -1.98. The van der Waals surface area contributed by atoms with E-state index in [-0.39, 0.29) is 0 Å². The fourth-order valence-corrected chi connectivity index (χ4v) is 0.196. The number of rotatable bonds is 0. The summed E-state index contributed by atoms with van der Waals surface area (Å²) in [7, 11) is 0. The molecule has 2 heteroatoms. The summed E-state index contributed by atoms with van der Waals surface area (Å²) in [6, 6.07) is 0. The molecule has 1 N–H and O–H groups in total. The Morgan fingerprint density at radius 2 is 3.20 bits per heavy atom. The Hall–Kier alpha value is -0.660. The second-order valence-electron chi connectivity index (χ2n) is 0.723. The van der Waals surface area contributed by atoms with Gasteiger partial charge in [-0.25, -0.2) is 0 Å². The first-order chi connectivity index (χ1) is 2.89. The first kappa shape index (κ1) is 1.70. The van der Waals surface area contributed by atoms with Gasteiger partial charge in [0.25, 0.3) is 0 Å². The van der Waals surface area contributed by atoms with E-state index in [0.717, 1.165) is 0 Å². The van der Waals surface area contributed by atoms with Crippen LogP contribution in [0.1, 0.15) is 1.37 Å². The highest BCUT2D eigenvalue weighted by Gasteiger charge is 1.79. The normalized spacial score (nSPS) is 35.2. The minimum atomic E-state index is -0.565. The van der Waals surface area contributed by atoms with E-state index in [0.29, 0.717) is 0 Å². The van der Waals surface area contributed by atoms with Crippen molar-refractivity contribution in [2.24, 2.45) is 0 Å². The van der Waals surface area contributed by atoms with Crippen LogP contribution in [0, 0.1) is 0 Å². The number of ether oxygens (including phenoxy) is 1. The Morgan fingerprint density at radius 3 is 3.40 bits per heavy atom. The Morgan fingerprint density at radius 1 is 2.20 bits per heavy atom. The standard InChI is InChI=1S/C3H5NO/c1-2-5-3-4-1/h1-2,4H,3H2/i3D. The second kappa shape index (κ2) is 0.971. The van der Waals surface area contributed by atoms with Gasteiger partial charge in [-0.3, -0.25) is 0 Å². The molecule has 0 fully saturated rings. The first-order valence-corrected chi connectivity index (χ1v) is 1.38. The quantitative estimate of drug-likeness (QED) is 0.436. The van der Waals surface area contributed by atoms with Crippen molar-refractivity contribution in [1.82, 2.24) is 5.32 Å². The van der Waals surface area contributed by atoms with Gasteiger partial charge in [0.05, 0.1) is 1.37 Å². The highest BCUT2D eigenvalue weighted by atomic mass is 16.5. The predicted octanol–water partition coefficient (Wildman–Crippen LogP) is 0.0349. The van der Waals surface area contributed by atoms with E-state index in [2.05, 4.69) is 10.1 Å². The van der Waals surface area contributed by atoms with Gasteiger partial charge in [-0.15, -0.1) is 0 Å². The van der Waals surface area contributed by atoms with Crippen LogP contribution in [-0.2, 0) is 4.74 Å². The van der Waals surface area contributed by atoms with Gasteiger partial charge in [-0.1, -0.05) is 0 Å². The van der Waals surface area contributed by atoms with Crippen LogP contribution in [0.4, 0.5) is 0 Å². The third kappa shape index (κ3) is 0.318. The molecular weight excluding hydrogens is 66.0 g/mol. The Balaban J connectivity index is 2.32. The van der Waals surface area contributed by atoms with E-state index in [1.54, 1.807) is 6.20 Å². The average molecular weight is 72.1 g/mol. The van der Waals surface area contributed by atoms with Crippen molar-refractivity contribution < 1.29 is 6.11 Å². The molecule has 1 aliphatic heterocycles. The van der Waals surface area contributed by atoms with Gasteiger partial charge in [0.1, 0.15) is 6.26 Å². The lowest BCUT2D eigenvalue weighted by molar-refractivity contribution is 0.267. The van der Waals surface area contributed by atoms with E-state index < -0.39 is 6.71 Å². The largest absolute Gasteiger partial charge is 0.479 e. The predicted molar refractivity (Wildman–Crippen MR) is 18.2 cm³/mol. The lowest BCUT2D eigenvalue weighted by Gasteiger charge is -1.82. The summed E-state index contributed by atoms with van der Waals surface area (Å²) in [6.07, 6.45) is 3.05. The van der Waals surface area contributed by atoms with Crippen LogP contribution in [0.15, 0.2) is 12.5 Å². The molecule has 0 bridgehead atoms. The zero-order chi connectivity index (χ0) is 4.41. The van der Waals surface area contributed by atoms with Crippen LogP contribution in [0.3, 0.4) is 0 Å². The maximum atomic E-state index is 6.74. The molecule has 0 saturated heterocycles. The molecule has 2 nitrogen and oxygen atoms in total. The molecular formula is C3H5NO. The molecule has 5 heavy (non-hydrogen) atoms. The van der Waals surface area contributed by atoms with E-state index in [1.807, 2.05) is 0 Å². The van der Waals surface area contributed by atoms with Gasteiger partial charge in [-0.2, -0.15) is 0 Å².